The van der Waals surface area contributed by atoms with Crippen LogP contribution < -0.4 is 10.6 Å². The van der Waals surface area contributed by atoms with Crippen LogP contribution in [0.15, 0.2) is 25.3 Å². The summed E-state index contributed by atoms with van der Waals surface area (Å²) in [4.78, 5) is 26.6. The van der Waals surface area contributed by atoms with E-state index in [9.17, 15) is 9.59 Å². The zero-order valence-corrected chi connectivity index (χ0v) is 11.5. The summed E-state index contributed by atoms with van der Waals surface area (Å²) in [6.45, 7) is 7.40. The molecular formula is C12H18N4O4. The topological polar surface area (TPSA) is 83.1 Å². The molecule has 2 N–H and O–H groups in total. The van der Waals surface area contributed by atoms with Gasteiger partial charge in [0.2, 0.25) is 0 Å². The van der Waals surface area contributed by atoms with Crippen LogP contribution in [0.1, 0.15) is 0 Å². The monoisotopic (exact) mass is 282 g/mol. The predicted molar refractivity (Wildman–Crippen MR) is 70.3 cm³/mol. The third-order valence-corrected chi connectivity index (χ3v) is 3.36. The first kappa shape index (κ1) is 14.4. The Morgan fingerprint density at radius 2 is 1.50 bits per heavy atom. The average molecular weight is 282 g/mol. The van der Waals surface area contributed by atoms with Gasteiger partial charge < -0.3 is 9.47 Å². The van der Waals surface area contributed by atoms with E-state index in [1.807, 2.05) is 0 Å². The maximum absolute atomic E-state index is 12.0. The number of nitrogens with zero attached hydrogens (tertiary/aromatic N) is 2. The van der Waals surface area contributed by atoms with Crippen molar-refractivity contribution in [1.82, 2.24) is 20.4 Å². The van der Waals surface area contributed by atoms with Gasteiger partial charge in [0, 0.05) is 14.1 Å². The number of rotatable bonds is 6. The molecule has 0 atom stereocenters. The fourth-order valence-corrected chi connectivity index (χ4v) is 2.46. The number of hydrogen-bond donors (Lipinski definition) is 2. The summed E-state index contributed by atoms with van der Waals surface area (Å²) in [5.74, 6) is -2.93. The molecule has 0 radical (unpaired) electrons. The first-order valence-electron chi connectivity index (χ1n) is 6.07. The second-order valence-corrected chi connectivity index (χ2v) is 4.47. The van der Waals surface area contributed by atoms with Crippen LogP contribution in [0, 0.1) is 0 Å². The number of hydrogen-bond acceptors (Lipinski definition) is 4. The maximum Gasteiger partial charge on any atom is 0.324 e. The Balaban J connectivity index is 2.48. The van der Waals surface area contributed by atoms with Crippen molar-refractivity contribution >= 4 is 12.1 Å². The van der Waals surface area contributed by atoms with Gasteiger partial charge in [-0.1, -0.05) is 12.2 Å². The molecule has 20 heavy (non-hydrogen) atoms. The lowest BCUT2D eigenvalue weighted by molar-refractivity contribution is -0.272. The van der Waals surface area contributed by atoms with Crippen molar-refractivity contribution in [3.05, 3.63) is 25.3 Å². The summed E-state index contributed by atoms with van der Waals surface area (Å²) in [5, 5.41) is 5.22. The summed E-state index contributed by atoms with van der Waals surface area (Å²) >= 11 is 0. The highest BCUT2D eigenvalue weighted by Gasteiger charge is 2.74. The standard InChI is InChI=1S/C12H18N4O4/c1-5-7-19-11-12(20-8-6-2,15(3)9(17)13-11)16(4)10(18)14-11/h5-6H,1-2,7-8H2,3-4H3,(H,13,17)(H,14,18)/t11-,12+. The molecule has 110 valence electrons. The van der Waals surface area contributed by atoms with Gasteiger partial charge in [0.05, 0.1) is 13.2 Å². The van der Waals surface area contributed by atoms with E-state index in [2.05, 4.69) is 23.8 Å². The van der Waals surface area contributed by atoms with Gasteiger partial charge in [-0.15, -0.1) is 13.2 Å². The average Bonchev–Trinajstić information content (AvgIpc) is 2.75. The van der Waals surface area contributed by atoms with Crippen LogP contribution in [0.4, 0.5) is 9.59 Å². The highest BCUT2D eigenvalue weighted by molar-refractivity contribution is 5.86. The third kappa shape index (κ3) is 1.61. The molecule has 0 spiro atoms. The molecule has 2 heterocycles. The maximum atomic E-state index is 12.0. The van der Waals surface area contributed by atoms with E-state index in [0.717, 1.165) is 0 Å². The van der Waals surface area contributed by atoms with Crippen molar-refractivity contribution < 1.29 is 19.1 Å². The van der Waals surface area contributed by atoms with Crippen molar-refractivity contribution in [2.45, 2.75) is 11.7 Å². The van der Waals surface area contributed by atoms with E-state index in [1.165, 1.54) is 36.0 Å². The van der Waals surface area contributed by atoms with Gasteiger partial charge in [-0.2, -0.15) is 0 Å². The van der Waals surface area contributed by atoms with Crippen molar-refractivity contribution in [2.24, 2.45) is 0 Å². The summed E-state index contributed by atoms with van der Waals surface area (Å²) in [7, 11) is 3.04. The number of nitrogens with one attached hydrogen (secondary N) is 2. The molecule has 0 saturated carbocycles. The molecule has 0 bridgehead atoms. The van der Waals surface area contributed by atoms with E-state index in [1.54, 1.807) is 0 Å². The molecule has 0 aliphatic carbocycles. The first-order valence-corrected chi connectivity index (χ1v) is 6.07. The summed E-state index contributed by atoms with van der Waals surface area (Å²) in [5.41, 5.74) is 0. The Bertz CT molecular complexity index is 440. The minimum Gasteiger partial charge on any atom is -0.328 e. The van der Waals surface area contributed by atoms with E-state index >= 15 is 0 Å². The van der Waals surface area contributed by atoms with Gasteiger partial charge >= 0.3 is 17.9 Å². The molecule has 8 nitrogen and oxygen atoms in total. The fraction of sp³-hybridized carbons (Fsp3) is 0.500. The van der Waals surface area contributed by atoms with Gasteiger partial charge in [0.25, 0.3) is 5.85 Å². The normalized spacial score (nSPS) is 31.9. The van der Waals surface area contributed by atoms with Gasteiger partial charge in [-0.25, -0.2) is 9.59 Å². The highest BCUT2D eigenvalue weighted by atomic mass is 16.6. The lowest BCUT2D eigenvalue weighted by Crippen LogP contribution is -2.68. The molecule has 2 fully saturated rings. The van der Waals surface area contributed by atoms with Crippen LogP contribution in [-0.2, 0) is 9.47 Å². The molecule has 8 heteroatoms. The van der Waals surface area contributed by atoms with Gasteiger partial charge in [-0.3, -0.25) is 20.4 Å². The van der Waals surface area contributed by atoms with Crippen LogP contribution >= 0.6 is 0 Å². The molecule has 0 unspecified atom stereocenters. The number of urea groups is 2. The van der Waals surface area contributed by atoms with Crippen LogP contribution in [0.5, 0.6) is 0 Å². The Kier molecular flexibility index (Phi) is 3.45. The highest BCUT2D eigenvalue weighted by Crippen LogP contribution is 2.41. The third-order valence-electron chi connectivity index (χ3n) is 3.36. The molecule has 2 rings (SSSR count). The minimum absolute atomic E-state index is 0.126. The van der Waals surface area contributed by atoms with Crippen molar-refractivity contribution in [1.29, 1.82) is 0 Å². The van der Waals surface area contributed by atoms with Crippen LogP contribution in [0.25, 0.3) is 0 Å². The Labute approximate surface area is 117 Å². The zero-order chi connectivity index (χ0) is 15.0. The molecular weight excluding hydrogens is 264 g/mol. The first-order chi connectivity index (χ1) is 9.45. The van der Waals surface area contributed by atoms with E-state index in [4.69, 9.17) is 9.47 Å². The van der Waals surface area contributed by atoms with Crippen molar-refractivity contribution in [2.75, 3.05) is 27.3 Å². The molecule has 2 saturated heterocycles. The SMILES string of the molecule is C=CCO[C@]12NC(=O)N(C)[C@@]1(OCC=C)N(C)C(=O)N2. The van der Waals surface area contributed by atoms with Gasteiger partial charge in [0.1, 0.15) is 0 Å². The second kappa shape index (κ2) is 4.80. The largest absolute Gasteiger partial charge is 0.328 e. The Hall–Kier alpha value is -2.06. The molecule has 0 aromatic rings. The van der Waals surface area contributed by atoms with Crippen LogP contribution in [-0.4, -0.2) is 60.9 Å². The minimum atomic E-state index is -1.50. The molecule has 4 amide bonds. The zero-order valence-electron chi connectivity index (χ0n) is 11.5. The van der Waals surface area contributed by atoms with Crippen LogP contribution in [0.3, 0.4) is 0 Å². The lowest BCUT2D eigenvalue weighted by Gasteiger charge is -2.41. The van der Waals surface area contributed by atoms with Gasteiger partial charge in [-0.05, 0) is 0 Å². The lowest BCUT2D eigenvalue weighted by atomic mass is 10.2. The fourth-order valence-electron chi connectivity index (χ4n) is 2.46. The Morgan fingerprint density at radius 1 is 1.05 bits per heavy atom. The number of amides is 4. The second-order valence-electron chi connectivity index (χ2n) is 4.47. The van der Waals surface area contributed by atoms with Crippen molar-refractivity contribution in [3.63, 3.8) is 0 Å². The summed E-state index contributed by atoms with van der Waals surface area (Å²) in [6, 6.07) is -0.852. The number of likely N-dealkylation sites (N-methyl/N-ethyl adjacent to an activating group) is 2. The quantitative estimate of drug-likeness (QED) is 0.672. The number of ether oxygens (including phenoxy) is 2. The number of fused-ring (bicyclic) bond motifs is 1. The summed E-state index contributed by atoms with van der Waals surface area (Å²) in [6.07, 6.45) is 3.04. The van der Waals surface area contributed by atoms with Gasteiger partial charge in [0.15, 0.2) is 0 Å². The van der Waals surface area contributed by atoms with Crippen molar-refractivity contribution in [3.8, 4) is 0 Å². The molecule has 0 aromatic heterocycles. The molecule has 0 aromatic carbocycles. The molecule has 2 aliphatic heterocycles. The van der Waals surface area contributed by atoms with Crippen LogP contribution in [0.2, 0.25) is 0 Å². The smallest absolute Gasteiger partial charge is 0.324 e. The molecule has 2 aliphatic rings. The summed E-state index contributed by atoms with van der Waals surface area (Å²) < 4.78 is 11.4. The number of carbonyl (C=O) groups excluding carboxylic acids is 2. The van der Waals surface area contributed by atoms with E-state index < -0.39 is 23.8 Å². The number of carbonyl (C=O) groups is 2. The Morgan fingerprint density at radius 3 is 1.95 bits per heavy atom. The predicted octanol–water partition coefficient (Wildman–Crippen LogP) is 0.00920. The van der Waals surface area contributed by atoms with E-state index in [0.29, 0.717) is 0 Å². The van der Waals surface area contributed by atoms with E-state index in [-0.39, 0.29) is 13.2 Å².